The van der Waals surface area contributed by atoms with E-state index in [9.17, 15) is 0 Å². The van der Waals surface area contributed by atoms with E-state index in [2.05, 4.69) is 197 Å². The molecule has 7 aromatic carbocycles. The molecule has 0 spiro atoms. The standard InChI is InChI=1S/C52H38N4/c1-52(2)42-21-11-9-19-37(42)39-29-30-41-47-46(55(50(41)48(39)52)34-15-5-3-6-16-34)32-31-40-38-20-10-13-23-44(38)54(49(40)47)36-27-25-33(26-28-36)51-53-43-22-12-14-24-45(43)56(51)35-17-7-4-8-18-35/h3-9,11-19,21-32H,10,20H2,1-2H3. The molecule has 2 aliphatic rings. The summed E-state index contributed by atoms with van der Waals surface area (Å²) in [5, 5.41) is 3.93. The summed E-state index contributed by atoms with van der Waals surface area (Å²) in [6, 6.07) is 57.5. The maximum atomic E-state index is 5.18. The van der Waals surface area contributed by atoms with Crippen molar-refractivity contribution in [3.05, 3.63) is 186 Å². The Hall–Kier alpha value is -6.91. The minimum Gasteiger partial charge on any atom is -0.309 e. The van der Waals surface area contributed by atoms with Gasteiger partial charge >= 0.3 is 0 Å². The van der Waals surface area contributed by atoms with Gasteiger partial charge < -0.3 is 9.13 Å². The molecule has 0 N–H and O–H groups in total. The molecule has 0 aliphatic heterocycles. The molecule has 0 atom stereocenters. The molecule has 2 aliphatic carbocycles. The van der Waals surface area contributed by atoms with Crippen molar-refractivity contribution in [3.63, 3.8) is 0 Å². The molecule has 0 unspecified atom stereocenters. The molecule has 266 valence electrons. The minimum absolute atomic E-state index is 0.165. The van der Waals surface area contributed by atoms with Gasteiger partial charge in [0.15, 0.2) is 0 Å². The molecule has 3 heterocycles. The van der Waals surface area contributed by atoms with E-state index in [0.29, 0.717) is 0 Å². The molecule has 4 heteroatoms. The Labute approximate surface area is 325 Å². The number of benzene rings is 7. The second kappa shape index (κ2) is 11.5. The summed E-state index contributed by atoms with van der Waals surface area (Å²) in [7, 11) is 0. The molecule has 0 saturated heterocycles. The Morgan fingerprint density at radius 3 is 2.02 bits per heavy atom. The molecule has 12 rings (SSSR count). The van der Waals surface area contributed by atoms with Gasteiger partial charge in [0, 0.05) is 49.9 Å². The quantitative estimate of drug-likeness (QED) is 0.178. The van der Waals surface area contributed by atoms with Gasteiger partial charge in [-0.1, -0.05) is 111 Å². The summed E-state index contributed by atoms with van der Waals surface area (Å²) in [6.07, 6.45) is 6.76. The normalized spacial score (nSPS) is 14.2. The highest BCUT2D eigenvalue weighted by molar-refractivity contribution is 6.23. The Kier molecular flexibility index (Phi) is 6.48. The zero-order chi connectivity index (χ0) is 37.1. The van der Waals surface area contributed by atoms with Crippen molar-refractivity contribution in [2.45, 2.75) is 32.1 Å². The van der Waals surface area contributed by atoms with Gasteiger partial charge in [-0.3, -0.25) is 4.57 Å². The van der Waals surface area contributed by atoms with Crippen LogP contribution in [0.2, 0.25) is 0 Å². The van der Waals surface area contributed by atoms with Gasteiger partial charge in [-0.15, -0.1) is 0 Å². The van der Waals surface area contributed by atoms with Crippen LogP contribution in [0.4, 0.5) is 0 Å². The van der Waals surface area contributed by atoms with Crippen LogP contribution in [0.3, 0.4) is 0 Å². The van der Waals surface area contributed by atoms with E-state index in [1.165, 1.54) is 71.9 Å². The highest BCUT2D eigenvalue weighted by atomic mass is 15.1. The molecule has 4 nitrogen and oxygen atoms in total. The number of fused-ring (bicyclic) bond motifs is 12. The smallest absolute Gasteiger partial charge is 0.145 e. The van der Waals surface area contributed by atoms with Gasteiger partial charge in [-0.05, 0) is 113 Å². The summed E-state index contributed by atoms with van der Waals surface area (Å²) in [4.78, 5) is 5.18. The van der Waals surface area contributed by atoms with Crippen LogP contribution < -0.4 is 0 Å². The first-order chi connectivity index (χ1) is 27.6. The molecule has 0 radical (unpaired) electrons. The van der Waals surface area contributed by atoms with E-state index in [4.69, 9.17) is 4.98 Å². The van der Waals surface area contributed by atoms with E-state index < -0.39 is 0 Å². The fraction of sp³-hybridized carbons (Fsp3) is 0.0962. The van der Waals surface area contributed by atoms with E-state index >= 15 is 0 Å². The van der Waals surface area contributed by atoms with E-state index in [1.54, 1.807) is 0 Å². The Morgan fingerprint density at radius 1 is 0.536 bits per heavy atom. The van der Waals surface area contributed by atoms with Crippen LogP contribution in [0.15, 0.2) is 164 Å². The van der Waals surface area contributed by atoms with E-state index in [-0.39, 0.29) is 5.41 Å². The van der Waals surface area contributed by atoms with Gasteiger partial charge in [0.25, 0.3) is 0 Å². The first-order valence-corrected chi connectivity index (χ1v) is 19.7. The van der Waals surface area contributed by atoms with Crippen molar-refractivity contribution in [2.75, 3.05) is 0 Å². The first-order valence-electron chi connectivity index (χ1n) is 19.7. The maximum Gasteiger partial charge on any atom is 0.145 e. The Balaban J connectivity index is 1.15. The van der Waals surface area contributed by atoms with Crippen molar-refractivity contribution >= 4 is 49.8 Å². The number of aryl methyl sites for hydroxylation is 1. The summed E-state index contributed by atoms with van der Waals surface area (Å²) in [5.74, 6) is 0.939. The van der Waals surface area contributed by atoms with Gasteiger partial charge in [0.1, 0.15) is 5.82 Å². The van der Waals surface area contributed by atoms with Crippen molar-refractivity contribution in [2.24, 2.45) is 0 Å². The van der Waals surface area contributed by atoms with E-state index in [1.807, 2.05) is 0 Å². The molecule has 0 amide bonds. The second-order valence-corrected chi connectivity index (χ2v) is 15.9. The zero-order valence-corrected chi connectivity index (χ0v) is 31.4. The molecule has 10 aromatic rings. The average molecular weight is 719 g/mol. The Bertz CT molecular complexity index is 3240. The molecular weight excluding hydrogens is 681 g/mol. The summed E-state index contributed by atoms with van der Waals surface area (Å²) in [6.45, 7) is 4.80. The van der Waals surface area contributed by atoms with Crippen molar-refractivity contribution in [1.29, 1.82) is 0 Å². The van der Waals surface area contributed by atoms with Crippen LogP contribution in [0, 0.1) is 0 Å². The van der Waals surface area contributed by atoms with Gasteiger partial charge in [0.2, 0.25) is 0 Å². The third-order valence-corrected chi connectivity index (χ3v) is 12.5. The lowest BCUT2D eigenvalue weighted by atomic mass is 9.81. The number of nitrogens with zero attached hydrogens (tertiary/aromatic N) is 4. The van der Waals surface area contributed by atoms with Crippen LogP contribution in [0.1, 0.15) is 42.7 Å². The number of imidazole rings is 1. The van der Waals surface area contributed by atoms with E-state index in [0.717, 1.165) is 46.6 Å². The fourth-order valence-corrected chi connectivity index (χ4v) is 10.1. The lowest BCUT2D eigenvalue weighted by Crippen LogP contribution is -2.16. The second-order valence-electron chi connectivity index (χ2n) is 15.9. The summed E-state index contributed by atoms with van der Waals surface area (Å²) >= 11 is 0. The highest BCUT2D eigenvalue weighted by Gasteiger charge is 2.39. The topological polar surface area (TPSA) is 27.7 Å². The SMILES string of the molecule is CC1(C)c2ccccc2-c2ccc3c4c5c(ccc4n(-c4ccccc4)c3c21)c1c(n5-c2ccc(-c3nc4ccccc4n3-c3ccccc3)cc2)C=CCC1. The average Bonchev–Trinajstić information content (AvgIpc) is 3.97. The maximum absolute atomic E-state index is 5.18. The number of hydrogen-bond donors (Lipinski definition) is 0. The van der Waals surface area contributed by atoms with Crippen LogP contribution in [0.5, 0.6) is 0 Å². The number of hydrogen-bond acceptors (Lipinski definition) is 1. The molecule has 0 saturated carbocycles. The molecule has 3 aromatic heterocycles. The predicted octanol–water partition coefficient (Wildman–Crippen LogP) is 13.0. The summed E-state index contributed by atoms with van der Waals surface area (Å²) < 4.78 is 7.36. The number of aromatic nitrogens is 4. The minimum atomic E-state index is -0.165. The van der Waals surface area contributed by atoms with Crippen molar-refractivity contribution < 1.29 is 0 Å². The van der Waals surface area contributed by atoms with Gasteiger partial charge in [-0.25, -0.2) is 4.98 Å². The molecule has 0 fully saturated rings. The van der Waals surface area contributed by atoms with Crippen LogP contribution >= 0.6 is 0 Å². The lowest BCUT2D eigenvalue weighted by molar-refractivity contribution is 0.664. The fourth-order valence-electron chi connectivity index (χ4n) is 10.1. The molecule has 0 bridgehead atoms. The van der Waals surface area contributed by atoms with Gasteiger partial charge in [-0.2, -0.15) is 0 Å². The van der Waals surface area contributed by atoms with Gasteiger partial charge in [0.05, 0.1) is 27.6 Å². The van der Waals surface area contributed by atoms with Crippen LogP contribution in [0.25, 0.3) is 89.4 Å². The van der Waals surface area contributed by atoms with Crippen LogP contribution in [-0.2, 0) is 11.8 Å². The lowest BCUT2D eigenvalue weighted by Gasteiger charge is -2.23. The molecular formula is C52H38N4. The van der Waals surface area contributed by atoms with Crippen molar-refractivity contribution in [1.82, 2.24) is 18.7 Å². The van der Waals surface area contributed by atoms with Crippen LogP contribution in [-0.4, -0.2) is 18.7 Å². The third kappa shape index (κ3) is 4.21. The van der Waals surface area contributed by atoms with Crippen molar-refractivity contribution in [3.8, 4) is 39.6 Å². The number of para-hydroxylation sites is 4. The third-order valence-electron chi connectivity index (χ3n) is 12.5. The first kappa shape index (κ1) is 31.4. The number of allylic oxidation sites excluding steroid dienone is 1. The summed E-state index contributed by atoms with van der Waals surface area (Å²) in [5.41, 5.74) is 18.4. The monoisotopic (exact) mass is 718 g/mol. The predicted molar refractivity (Wildman–Crippen MR) is 233 cm³/mol. The highest BCUT2D eigenvalue weighted by Crippen LogP contribution is 2.54. The molecule has 56 heavy (non-hydrogen) atoms. The number of rotatable bonds is 4. The largest absolute Gasteiger partial charge is 0.309 e. The Morgan fingerprint density at radius 2 is 1.21 bits per heavy atom. The zero-order valence-electron chi connectivity index (χ0n) is 31.4.